The molecule has 0 radical (unpaired) electrons. The molecular weight excluding hydrogens is 271 g/mol. The smallest absolute Gasteiger partial charge is 0.159 e. The Labute approximate surface area is 81.9 Å². The Balaban J connectivity index is 2.83. The monoisotopic (exact) mass is 276 g/mol. The summed E-state index contributed by atoms with van der Waals surface area (Å²) in [4.78, 5) is 0. The van der Waals surface area contributed by atoms with E-state index >= 15 is 0 Å². The summed E-state index contributed by atoms with van der Waals surface area (Å²) in [6, 6.07) is 2.91. The Bertz CT molecular complexity index is 399. The van der Waals surface area contributed by atoms with E-state index in [9.17, 15) is 0 Å². The Morgan fingerprint density at radius 1 is 1.25 bits per heavy atom. The summed E-state index contributed by atoms with van der Waals surface area (Å²) >= 11 is 2.00. The van der Waals surface area contributed by atoms with E-state index in [1.165, 1.54) is 12.1 Å². The molecule has 0 aliphatic rings. The van der Waals surface area contributed by atoms with E-state index in [1.54, 1.807) is 9.09 Å². The van der Waals surface area contributed by atoms with Gasteiger partial charge in [-0.2, -0.15) is 5.10 Å². The molecule has 0 unspecified atom stereocenters. The minimum absolute atomic E-state index is 0.119. The molecule has 2 rings (SSSR count). The van der Waals surface area contributed by atoms with Crippen LogP contribution < -0.4 is 0 Å². The fourth-order valence-corrected chi connectivity index (χ4v) is 1.55. The predicted molar refractivity (Wildman–Crippen MR) is 52.5 cm³/mol. The first kappa shape index (κ1) is 7.66. The minimum Gasteiger partial charge on any atom is -0.504 e. The summed E-state index contributed by atoms with van der Waals surface area (Å²) in [7, 11) is 0. The average Bonchev–Trinajstić information content (AvgIpc) is 2.30. The normalized spacial score (nSPS) is 10.8. The molecule has 0 saturated heterocycles. The second kappa shape index (κ2) is 2.51. The number of halogens is 1. The molecule has 0 aliphatic heterocycles. The van der Waals surface area contributed by atoms with Gasteiger partial charge >= 0.3 is 0 Å². The van der Waals surface area contributed by atoms with Crippen LogP contribution in [0.1, 0.15) is 0 Å². The van der Waals surface area contributed by atoms with Crippen molar-refractivity contribution in [1.29, 1.82) is 0 Å². The number of benzene rings is 1. The van der Waals surface area contributed by atoms with Crippen LogP contribution in [0.3, 0.4) is 0 Å². The van der Waals surface area contributed by atoms with Crippen LogP contribution in [0.15, 0.2) is 18.3 Å². The highest BCUT2D eigenvalue weighted by Gasteiger charge is 2.04. The lowest BCUT2D eigenvalue weighted by molar-refractivity contribution is 0.405. The van der Waals surface area contributed by atoms with Crippen LogP contribution >= 0.6 is 22.9 Å². The lowest BCUT2D eigenvalue weighted by atomic mass is 10.2. The summed E-state index contributed by atoms with van der Waals surface area (Å²) in [5.41, 5.74) is 0.666. The van der Waals surface area contributed by atoms with Gasteiger partial charge in [-0.1, -0.05) is 0 Å². The lowest BCUT2D eigenvalue weighted by Crippen LogP contribution is -1.74. The first-order chi connectivity index (χ1) is 5.66. The van der Waals surface area contributed by atoms with Crippen LogP contribution in [0.2, 0.25) is 0 Å². The number of hydrogen-bond donors (Lipinski definition) is 2. The highest BCUT2D eigenvalue weighted by Crippen LogP contribution is 2.29. The second-order valence-corrected chi connectivity index (χ2v) is 3.41. The molecule has 1 aromatic heterocycles. The number of rotatable bonds is 0. The summed E-state index contributed by atoms with van der Waals surface area (Å²) in [6.07, 6.45) is 1.76. The summed E-state index contributed by atoms with van der Waals surface area (Å²) in [5.74, 6) is -0.260. The molecule has 0 bridgehead atoms. The fourth-order valence-electron chi connectivity index (χ4n) is 1.02. The SMILES string of the molecule is Oc1cc2cn(I)nc2cc1O. The molecule has 0 amide bonds. The Morgan fingerprint density at radius 3 is 2.67 bits per heavy atom. The van der Waals surface area contributed by atoms with Gasteiger partial charge in [0.2, 0.25) is 0 Å². The molecule has 2 aromatic rings. The van der Waals surface area contributed by atoms with E-state index in [4.69, 9.17) is 10.2 Å². The lowest BCUT2D eigenvalue weighted by Gasteiger charge is -1.94. The topological polar surface area (TPSA) is 58.3 Å². The molecule has 0 atom stereocenters. The Morgan fingerprint density at radius 2 is 1.92 bits per heavy atom. The number of aromatic nitrogens is 2. The molecule has 0 spiro atoms. The van der Waals surface area contributed by atoms with Crippen molar-refractivity contribution in [2.75, 3.05) is 0 Å². The quantitative estimate of drug-likeness (QED) is 0.568. The van der Waals surface area contributed by atoms with Gasteiger partial charge in [0.25, 0.3) is 0 Å². The molecule has 0 aliphatic carbocycles. The van der Waals surface area contributed by atoms with Crippen molar-refractivity contribution in [3.05, 3.63) is 18.3 Å². The van der Waals surface area contributed by atoms with Crippen LogP contribution in [0.4, 0.5) is 0 Å². The van der Waals surface area contributed by atoms with Crippen molar-refractivity contribution in [3.63, 3.8) is 0 Å². The van der Waals surface area contributed by atoms with E-state index < -0.39 is 0 Å². The van der Waals surface area contributed by atoms with Crippen molar-refractivity contribution in [3.8, 4) is 11.5 Å². The summed E-state index contributed by atoms with van der Waals surface area (Å²) < 4.78 is 1.60. The number of nitrogens with zero attached hydrogens (tertiary/aromatic N) is 2. The number of phenols is 2. The first-order valence-electron chi connectivity index (χ1n) is 3.24. The zero-order chi connectivity index (χ0) is 8.72. The van der Waals surface area contributed by atoms with Crippen molar-refractivity contribution < 1.29 is 10.2 Å². The predicted octanol–water partition coefficient (Wildman–Crippen LogP) is 1.65. The van der Waals surface area contributed by atoms with Gasteiger partial charge in [-0.25, -0.2) is 2.90 Å². The maximum Gasteiger partial charge on any atom is 0.159 e. The highest BCUT2D eigenvalue weighted by atomic mass is 127. The van der Waals surface area contributed by atoms with Crippen molar-refractivity contribution >= 4 is 33.8 Å². The van der Waals surface area contributed by atoms with Gasteiger partial charge in [0, 0.05) is 17.6 Å². The molecule has 0 saturated carbocycles. The molecule has 1 heterocycles. The summed E-state index contributed by atoms with van der Waals surface area (Å²) in [6.45, 7) is 0. The maximum absolute atomic E-state index is 9.14. The molecular formula is C7H5IN2O2. The summed E-state index contributed by atoms with van der Waals surface area (Å²) in [5, 5.41) is 23.1. The van der Waals surface area contributed by atoms with Gasteiger partial charge in [-0.05, 0) is 6.07 Å². The first-order valence-corrected chi connectivity index (χ1v) is 4.21. The van der Waals surface area contributed by atoms with Crippen LogP contribution in [0, 0.1) is 0 Å². The molecule has 4 nitrogen and oxygen atoms in total. The van der Waals surface area contributed by atoms with Gasteiger partial charge in [0.1, 0.15) is 0 Å². The van der Waals surface area contributed by atoms with Crippen LogP contribution in [0.25, 0.3) is 10.9 Å². The van der Waals surface area contributed by atoms with Gasteiger partial charge in [-0.15, -0.1) is 0 Å². The van der Waals surface area contributed by atoms with E-state index in [2.05, 4.69) is 5.10 Å². The van der Waals surface area contributed by atoms with Crippen LogP contribution in [-0.4, -0.2) is 18.2 Å². The fraction of sp³-hybridized carbons (Fsp3) is 0. The zero-order valence-corrected chi connectivity index (χ0v) is 8.06. The zero-order valence-electron chi connectivity index (χ0n) is 5.90. The number of aromatic hydroxyl groups is 2. The van der Waals surface area contributed by atoms with Crippen molar-refractivity contribution in [1.82, 2.24) is 7.99 Å². The van der Waals surface area contributed by atoms with E-state index in [1.807, 2.05) is 22.9 Å². The van der Waals surface area contributed by atoms with Gasteiger partial charge in [-0.3, -0.25) is 0 Å². The molecule has 5 heteroatoms. The van der Waals surface area contributed by atoms with Crippen LogP contribution in [0.5, 0.6) is 11.5 Å². The molecule has 2 N–H and O–H groups in total. The largest absolute Gasteiger partial charge is 0.504 e. The maximum atomic E-state index is 9.14. The third kappa shape index (κ3) is 1.09. The van der Waals surface area contributed by atoms with E-state index in [0.717, 1.165) is 5.39 Å². The molecule has 62 valence electrons. The molecule has 1 aromatic carbocycles. The van der Waals surface area contributed by atoms with Gasteiger partial charge in [0.15, 0.2) is 11.5 Å². The van der Waals surface area contributed by atoms with Gasteiger partial charge < -0.3 is 10.2 Å². The third-order valence-corrected chi connectivity index (χ3v) is 2.07. The third-order valence-electron chi connectivity index (χ3n) is 1.57. The number of hydrogen-bond acceptors (Lipinski definition) is 3. The number of fused-ring (bicyclic) bond motifs is 1. The highest BCUT2D eigenvalue weighted by molar-refractivity contribution is 14.1. The standard InChI is InChI=1S/C7H5IN2O2/c8-10-3-4-1-6(11)7(12)2-5(4)9-10/h1-3,11-12H. The van der Waals surface area contributed by atoms with E-state index in [0.29, 0.717) is 5.52 Å². The van der Waals surface area contributed by atoms with Crippen LogP contribution in [-0.2, 0) is 0 Å². The molecule has 0 fully saturated rings. The Kier molecular flexibility index (Phi) is 1.60. The average molecular weight is 276 g/mol. The molecule has 12 heavy (non-hydrogen) atoms. The van der Waals surface area contributed by atoms with E-state index in [-0.39, 0.29) is 11.5 Å². The van der Waals surface area contributed by atoms with Crippen molar-refractivity contribution in [2.45, 2.75) is 0 Å². The minimum atomic E-state index is -0.141. The second-order valence-electron chi connectivity index (χ2n) is 2.42. The number of phenolic OH excluding ortho intramolecular Hbond substituents is 2. The van der Waals surface area contributed by atoms with Gasteiger partial charge in [0.05, 0.1) is 28.4 Å². The Hall–Kier alpha value is -0.980. The van der Waals surface area contributed by atoms with Crippen molar-refractivity contribution in [2.24, 2.45) is 0 Å².